The zero-order chi connectivity index (χ0) is 16.2. The number of likely N-dealkylation sites (N-methyl/N-ethyl adjacent to an activating group) is 1. The minimum Gasteiger partial charge on any atom is -0.308 e. The maximum atomic E-state index is 4.60. The number of rotatable bonds is 6. The standard InChI is InChI=1S/C18H23N5/c1-4-16-7-8-19-18(21-16)12-14-5-6-15-13-20-23(17(15)11-14)10-9-22(2)3/h5-8,11,13H,4,9-10,12H2,1-3H3. The van der Waals surface area contributed by atoms with Gasteiger partial charge in [-0.25, -0.2) is 9.97 Å². The highest BCUT2D eigenvalue weighted by molar-refractivity contribution is 5.79. The highest BCUT2D eigenvalue weighted by atomic mass is 15.3. The summed E-state index contributed by atoms with van der Waals surface area (Å²) in [6.07, 6.45) is 5.47. The molecule has 0 N–H and O–H groups in total. The summed E-state index contributed by atoms with van der Waals surface area (Å²) in [7, 11) is 4.16. The Morgan fingerprint density at radius 3 is 2.83 bits per heavy atom. The van der Waals surface area contributed by atoms with E-state index in [1.165, 1.54) is 16.5 Å². The summed E-state index contributed by atoms with van der Waals surface area (Å²) in [6, 6.07) is 8.46. The van der Waals surface area contributed by atoms with E-state index in [4.69, 9.17) is 0 Å². The van der Waals surface area contributed by atoms with E-state index >= 15 is 0 Å². The molecule has 0 bridgehead atoms. The molecule has 0 unspecified atom stereocenters. The van der Waals surface area contributed by atoms with Crippen LogP contribution in [0.3, 0.4) is 0 Å². The molecule has 0 atom stereocenters. The van der Waals surface area contributed by atoms with Crippen LogP contribution in [0.2, 0.25) is 0 Å². The molecule has 0 aliphatic heterocycles. The Hall–Kier alpha value is -2.27. The molecule has 0 fully saturated rings. The maximum absolute atomic E-state index is 4.60. The van der Waals surface area contributed by atoms with E-state index in [9.17, 15) is 0 Å². The molecular weight excluding hydrogens is 286 g/mol. The molecule has 23 heavy (non-hydrogen) atoms. The first kappa shape index (κ1) is 15.6. The monoisotopic (exact) mass is 309 g/mol. The van der Waals surface area contributed by atoms with E-state index in [1.54, 1.807) is 0 Å². The van der Waals surface area contributed by atoms with Crippen LogP contribution in [-0.2, 0) is 19.4 Å². The molecule has 5 heteroatoms. The summed E-state index contributed by atoms with van der Waals surface area (Å²) in [5.41, 5.74) is 3.49. The van der Waals surface area contributed by atoms with Crippen molar-refractivity contribution >= 4 is 10.9 Å². The molecule has 120 valence electrons. The van der Waals surface area contributed by atoms with Crippen molar-refractivity contribution in [1.29, 1.82) is 0 Å². The molecule has 2 aromatic heterocycles. The summed E-state index contributed by atoms with van der Waals surface area (Å²) in [4.78, 5) is 11.2. The fourth-order valence-corrected chi connectivity index (χ4v) is 2.60. The Kier molecular flexibility index (Phi) is 4.67. The van der Waals surface area contributed by atoms with Crippen molar-refractivity contribution in [1.82, 2.24) is 24.6 Å². The van der Waals surface area contributed by atoms with Gasteiger partial charge in [-0.3, -0.25) is 4.68 Å². The number of hydrogen-bond donors (Lipinski definition) is 0. The van der Waals surface area contributed by atoms with Gasteiger partial charge in [0, 0.05) is 30.2 Å². The van der Waals surface area contributed by atoms with Crippen LogP contribution in [0.1, 0.15) is 24.0 Å². The molecule has 1 aromatic carbocycles. The second-order valence-corrected chi connectivity index (χ2v) is 6.06. The molecular formula is C18H23N5. The molecule has 0 aliphatic carbocycles. The van der Waals surface area contributed by atoms with Crippen LogP contribution >= 0.6 is 0 Å². The SMILES string of the molecule is CCc1ccnc(Cc2ccc3cnn(CCN(C)C)c3c2)n1. The summed E-state index contributed by atoms with van der Waals surface area (Å²) >= 11 is 0. The third kappa shape index (κ3) is 3.74. The van der Waals surface area contributed by atoms with Gasteiger partial charge < -0.3 is 4.90 Å². The van der Waals surface area contributed by atoms with Crippen molar-refractivity contribution in [3.05, 3.63) is 53.7 Å². The summed E-state index contributed by atoms with van der Waals surface area (Å²) in [5.74, 6) is 0.878. The van der Waals surface area contributed by atoms with E-state index in [0.29, 0.717) is 0 Å². The number of fused-ring (bicyclic) bond motifs is 1. The van der Waals surface area contributed by atoms with Gasteiger partial charge in [0.25, 0.3) is 0 Å². The molecule has 0 saturated carbocycles. The molecule has 0 saturated heterocycles. The van der Waals surface area contributed by atoms with Crippen molar-refractivity contribution in [3.63, 3.8) is 0 Å². The Balaban J connectivity index is 1.85. The number of nitrogens with zero attached hydrogens (tertiary/aromatic N) is 5. The molecule has 0 amide bonds. The van der Waals surface area contributed by atoms with Gasteiger partial charge in [0.1, 0.15) is 5.82 Å². The predicted molar refractivity (Wildman–Crippen MR) is 92.5 cm³/mol. The van der Waals surface area contributed by atoms with Crippen molar-refractivity contribution in [2.24, 2.45) is 0 Å². The van der Waals surface area contributed by atoms with Crippen LogP contribution in [0.15, 0.2) is 36.7 Å². The minimum atomic E-state index is 0.753. The van der Waals surface area contributed by atoms with Crippen LogP contribution in [-0.4, -0.2) is 45.3 Å². The molecule has 0 aliphatic rings. The Labute approximate surface area is 137 Å². The molecule has 5 nitrogen and oxygen atoms in total. The van der Waals surface area contributed by atoms with E-state index < -0.39 is 0 Å². The van der Waals surface area contributed by atoms with Gasteiger partial charge in [0.2, 0.25) is 0 Å². The van der Waals surface area contributed by atoms with Gasteiger partial charge >= 0.3 is 0 Å². The average molecular weight is 309 g/mol. The summed E-state index contributed by atoms with van der Waals surface area (Å²) in [6.45, 7) is 3.98. The maximum Gasteiger partial charge on any atom is 0.132 e. The van der Waals surface area contributed by atoms with Crippen LogP contribution in [0, 0.1) is 0 Å². The van der Waals surface area contributed by atoms with Gasteiger partial charge in [-0.15, -0.1) is 0 Å². The minimum absolute atomic E-state index is 0.753. The normalized spacial score (nSPS) is 11.5. The Morgan fingerprint density at radius 2 is 2.04 bits per heavy atom. The lowest BCUT2D eigenvalue weighted by Crippen LogP contribution is -2.18. The molecule has 3 rings (SSSR count). The van der Waals surface area contributed by atoms with Crippen LogP contribution in [0.25, 0.3) is 10.9 Å². The van der Waals surface area contributed by atoms with Crippen molar-refractivity contribution < 1.29 is 0 Å². The van der Waals surface area contributed by atoms with Gasteiger partial charge in [-0.05, 0) is 38.2 Å². The second-order valence-electron chi connectivity index (χ2n) is 6.06. The molecule has 0 radical (unpaired) electrons. The van der Waals surface area contributed by atoms with Crippen LogP contribution in [0.4, 0.5) is 0 Å². The average Bonchev–Trinajstić information content (AvgIpc) is 2.95. The second kappa shape index (κ2) is 6.87. The number of benzene rings is 1. The van der Waals surface area contributed by atoms with Gasteiger partial charge in [-0.2, -0.15) is 5.10 Å². The van der Waals surface area contributed by atoms with E-state index in [1.807, 2.05) is 18.5 Å². The largest absolute Gasteiger partial charge is 0.308 e. The fraction of sp³-hybridized carbons (Fsp3) is 0.389. The van der Waals surface area contributed by atoms with E-state index in [0.717, 1.165) is 37.4 Å². The third-order valence-corrected chi connectivity index (χ3v) is 3.96. The van der Waals surface area contributed by atoms with E-state index in [-0.39, 0.29) is 0 Å². The predicted octanol–water partition coefficient (Wildman–Crippen LogP) is 2.54. The molecule has 3 aromatic rings. The fourth-order valence-electron chi connectivity index (χ4n) is 2.60. The van der Waals surface area contributed by atoms with Crippen molar-refractivity contribution in [2.45, 2.75) is 26.3 Å². The van der Waals surface area contributed by atoms with Gasteiger partial charge in [-0.1, -0.05) is 19.1 Å². The summed E-state index contributed by atoms with van der Waals surface area (Å²) < 4.78 is 2.07. The smallest absolute Gasteiger partial charge is 0.132 e. The first-order valence-electron chi connectivity index (χ1n) is 8.05. The van der Waals surface area contributed by atoms with Gasteiger partial charge in [0.15, 0.2) is 0 Å². The highest BCUT2D eigenvalue weighted by Crippen LogP contribution is 2.17. The summed E-state index contributed by atoms with van der Waals surface area (Å²) in [5, 5.41) is 5.68. The first-order valence-corrected chi connectivity index (χ1v) is 8.05. The number of aromatic nitrogens is 4. The Bertz CT molecular complexity index is 791. The van der Waals surface area contributed by atoms with Crippen LogP contribution in [0.5, 0.6) is 0 Å². The van der Waals surface area contributed by atoms with E-state index in [2.05, 4.69) is 63.9 Å². The van der Waals surface area contributed by atoms with Gasteiger partial charge in [0.05, 0.1) is 18.3 Å². The molecule has 2 heterocycles. The lowest BCUT2D eigenvalue weighted by atomic mass is 10.1. The third-order valence-electron chi connectivity index (χ3n) is 3.96. The quantitative estimate of drug-likeness (QED) is 0.702. The highest BCUT2D eigenvalue weighted by Gasteiger charge is 2.06. The Morgan fingerprint density at radius 1 is 1.17 bits per heavy atom. The van der Waals surface area contributed by atoms with Crippen molar-refractivity contribution in [3.8, 4) is 0 Å². The number of aryl methyl sites for hydroxylation is 1. The lowest BCUT2D eigenvalue weighted by Gasteiger charge is -2.10. The zero-order valence-corrected chi connectivity index (χ0v) is 14.0. The first-order chi connectivity index (χ1) is 11.2. The zero-order valence-electron chi connectivity index (χ0n) is 14.0. The van der Waals surface area contributed by atoms with Crippen LogP contribution < -0.4 is 0 Å². The molecule has 0 spiro atoms. The number of hydrogen-bond acceptors (Lipinski definition) is 4. The van der Waals surface area contributed by atoms with Crippen molar-refractivity contribution in [2.75, 3.05) is 20.6 Å². The topological polar surface area (TPSA) is 46.8 Å². The lowest BCUT2D eigenvalue weighted by molar-refractivity contribution is 0.377.